The molecule has 2 rings (SSSR count). The third-order valence-electron chi connectivity index (χ3n) is 2.80. The molecule has 0 fully saturated rings. The second-order valence-corrected chi connectivity index (χ2v) is 4.82. The number of hydrogen-bond donors (Lipinski definition) is 2. The van der Waals surface area contributed by atoms with Crippen molar-refractivity contribution in [3.05, 3.63) is 46.2 Å². The number of rotatable bonds is 4. The number of nitrogens with two attached hydrogens (primary N) is 1. The van der Waals surface area contributed by atoms with Gasteiger partial charge in [-0.1, -0.05) is 30.0 Å². The van der Waals surface area contributed by atoms with Gasteiger partial charge in [0.15, 0.2) is 5.16 Å². The van der Waals surface area contributed by atoms with E-state index in [4.69, 9.17) is 5.73 Å². The van der Waals surface area contributed by atoms with Crippen LogP contribution in [0, 0.1) is 0 Å². The van der Waals surface area contributed by atoms with E-state index in [1.165, 1.54) is 16.3 Å². The number of aromatic nitrogens is 2. The summed E-state index contributed by atoms with van der Waals surface area (Å²) in [5.74, 6) is 0.288. The molecule has 5 nitrogen and oxygen atoms in total. The Bertz CT molecular complexity index is 625. The number of benzene rings is 1. The normalized spacial score (nSPS) is 10.4. The van der Waals surface area contributed by atoms with E-state index in [2.05, 4.69) is 10.3 Å². The van der Waals surface area contributed by atoms with Gasteiger partial charge in [0.05, 0.1) is 5.56 Å². The van der Waals surface area contributed by atoms with Gasteiger partial charge >= 0.3 is 0 Å². The van der Waals surface area contributed by atoms with Crippen LogP contribution in [0.1, 0.15) is 5.56 Å². The molecule has 0 saturated heterocycles. The van der Waals surface area contributed by atoms with Gasteiger partial charge in [0.25, 0.3) is 5.56 Å². The molecule has 0 amide bonds. The van der Waals surface area contributed by atoms with Gasteiger partial charge in [-0.15, -0.1) is 0 Å². The Morgan fingerprint density at radius 3 is 2.68 bits per heavy atom. The largest absolute Gasteiger partial charge is 0.383 e. The maximum absolute atomic E-state index is 12.2. The number of hydrogen-bond acceptors (Lipinski definition) is 5. The van der Waals surface area contributed by atoms with Crippen molar-refractivity contribution in [3.8, 4) is 0 Å². The van der Waals surface area contributed by atoms with E-state index in [1.54, 1.807) is 7.05 Å². The summed E-state index contributed by atoms with van der Waals surface area (Å²) < 4.78 is 1.52. The SMILES string of the molecule is CSc1nc(N)c(CNc2ccccc2)c(=O)n1C. The second-order valence-electron chi connectivity index (χ2n) is 4.05. The fourth-order valence-electron chi connectivity index (χ4n) is 1.74. The van der Waals surface area contributed by atoms with Crippen molar-refractivity contribution in [2.45, 2.75) is 11.7 Å². The molecule has 0 bridgehead atoms. The smallest absolute Gasteiger partial charge is 0.261 e. The Labute approximate surface area is 115 Å². The molecule has 0 unspecified atom stereocenters. The van der Waals surface area contributed by atoms with E-state index in [0.29, 0.717) is 17.3 Å². The molecule has 6 heteroatoms. The number of anilines is 2. The Balaban J connectivity index is 2.26. The van der Waals surface area contributed by atoms with Crippen LogP contribution in [0.25, 0.3) is 0 Å². The topological polar surface area (TPSA) is 72.9 Å². The Hall–Kier alpha value is -1.95. The zero-order valence-corrected chi connectivity index (χ0v) is 11.7. The van der Waals surface area contributed by atoms with E-state index < -0.39 is 0 Å². The van der Waals surface area contributed by atoms with E-state index in [9.17, 15) is 4.79 Å². The van der Waals surface area contributed by atoms with Crippen molar-refractivity contribution < 1.29 is 0 Å². The number of thioether (sulfide) groups is 1. The molecule has 1 heterocycles. The van der Waals surface area contributed by atoms with Gasteiger partial charge in [-0.2, -0.15) is 0 Å². The summed E-state index contributed by atoms with van der Waals surface area (Å²) >= 11 is 1.40. The van der Waals surface area contributed by atoms with Crippen LogP contribution in [0.5, 0.6) is 0 Å². The lowest BCUT2D eigenvalue weighted by molar-refractivity contribution is 0.699. The summed E-state index contributed by atoms with van der Waals surface area (Å²) in [5, 5.41) is 3.78. The van der Waals surface area contributed by atoms with Crippen LogP contribution in [-0.2, 0) is 13.6 Å². The maximum Gasteiger partial charge on any atom is 0.261 e. The Morgan fingerprint density at radius 2 is 2.05 bits per heavy atom. The fraction of sp³-hybridized carbons (Fsp3) is 0.231. The highest BCUT2D eigenvalue weighted by molar-refractivity contribution is 7.98. The summed E-state index contributed by atoms with van der Waals surface area (Å²) in [5.41, 5.74) is 7.17. The highest BCUT2D eigenvalue weighted by Gasteiger charge is 2.11. The van der Waals surface area contributed by atoms with Gasteiger partial charge in [-0.05, 0) is 18.4 Å². The number of para-hydroxylation sites is 1. The average Bonchev–Trinajstić information content (AvgIpc) is 2.44. The molecule has 3 N–H and O–H groups in total. The molecular formula is C13H16N4OS. The van der Waals surface area contributed by atoms with Crippen molar-refractivity contribution in [1.29, 1.82) is 0 Å². The predicted molar refractivity (Wildman–Crippen MR) is 79.4 cm³/mol. The van der Waals surface area contributed by atoms with Crippen molar-refractivity contribution >= 4 is 23.3 Å². The van der Waals surface area contributed by atoms with Crippen LogP contribution in [0.2, 0.25) is 0 Å². The van der Waals surface area contributed by atoms with Crippen molar-refractivity contribution in [2.24, 2.45) is 7.05 Å². The second kappa shape index (κ2) is 5.79. The molecule has 0 aliphatic heterocycles. The summed E-state index contributed by atoms with van der Waals surface area (Å²) in [6, 6.07) is 9.67. The van der Waals surface area contributed by atoms with Gasteiger partial charge in [0.1, 0.15) is 5.82 Å². The first-order chi connectivity index (χ1) is 9.13. The molecule has 0 spiro atoms. The molecule has 100 valence electrons. The van der Waals surface area contributed by atoms with E-state index in [0.717, 1.165) is 5.69 Å². The molecule has 2 aromatic rings. The van der Waals surface area contributed by atoms with Crippen LogP contribution in [0.3, 0.4) is 0 Å². The van der Waals surface area contributed by atoms with E-state index in [-0.39, 0.29) is 11.4 Å². The van der Waals surface area contributed by atoms with Crippen LogP contribution >= 0.6 is 11.8 Å². The summed E-state index contributed by atoms with van der Waals surface area (Å²) in [6.07, 6.45) is 1.86. The standard InChI is InChI=1S/C13H16N4OS/c1-17-12(18)10(11(14)16-13(17)19-2)8-15-9-6-4-3-5-7-9/h3-7,15H,8,14H2,1-2H3. The highest BCUT2D eigenvalue weighted by atomic mass is 32.2. The fourth-order valence-corrected chi connectivity index (χ4v) is 2.29. The van der Waals surface area contributed by atoms with Crippen LogP contribution in [0.4, 0.5) is 11.5 Å². The minimum Gasteiger partial charge on any atom is -0.383 e. The summed E-state index contributed by atoms with van der Waals surface area (Å²) in [7, 11) is 1.70. The van der Waals surface area contributed by atoms with Gasteiger partial charge in [0.2, 0.25) is 0 Å². The maximum atomic E-state index is 12.2. The van der Waals surface area contributed by atoms with Crippen LogP contribution in [-0.4, -0.2) is 15.8 Å². The number of nitrogen functional groups attached to an aromatic ring is 1. The quantitative estimate of drug-likeness (QED) is 0.657. The summed E-state index contributed by atoms with van der Waals surface area (Å²) in [6.45, 7) is 0.365. The molecule has 19 heavy (non-hydrogen) atoms. The Kier molecular flexibility index (Phi) is 4.11. The van der Waals surface area contributed by atoms with Crippen molar-refractivity contribution in [3.63, 3.8) is 0 Å². The third-order valence-corrected chi connectivity index (χ3v) is 3.53. The average molecular weight is 276 g/mol. The Morgan fingerprint density at radius 1 is 1.37 bits per heavy atom. The minimum atomic E-state index is -0.111. The van der Waals surface area contributed by atoms with Crippen LogP contribution < -0.4 is 16.6 Å². The molecule has 0 aliphatic carbocycles. The van der Waals surface area contributed by atoms with Gasteiger partial charge in [-0.3, -0.25) is 9.36 Å². The lowest BCUT2D eigenvalue weighted by Gasteiger charge is -2.11. The molecule has 0 atom stereocenters. The minimum absolute atomic E-state index is 0.111. The first-order valence-corrected chi connectivity index (χ1v) is 7.04. The van der Waals surface area contributed by atoms with E-state index in [1.807, 2.05) is 36.6 Å². The molecule has 0 radical (unpaired) electrons. The zero-order valence-electron chi connectivity index (χ0n) is 10.9. The van der Waals surface area contributed by atoms with Gasteiger partial charge < -0.3 is 11.1 Å². The molecule has 1 aromatic carbocycles. The first-order valence-electron chi connectivity index (χ1n) is 5.81. The predicted octanol–water partition coefficient (Wildman–Crippen LogP) is 1.70. The van der Waals surface area contributed by atoms with Crippen molar-refractivity contribution in [1.82, 2.24) is 9.55 Å². The first kappa shape index (κ1) is 13.5. The third kappa shape index (κ3) is 2.90. The molecule has 1 aromatic heterocycles. The van der Waals surface area contributed by atoms with Gasteiger partial charge in [0, 0.05) is 19.3 Å². The number of nitrogens with one attached hydrogen (secondary N) is 1. The highest BCUT2D eigenvalue weighted by Crippen LogP contribution is 2.14. The molecule has 0 aliphatic rings. The molecular weight excluding hydrogens is 260 g/mol. The lowest BCUT2D eigenvalue weighted by Crippen LogP contribution is -2.27. The number of nitrogens with zero attached hydrogens (tertiary/aromatic N) is 2. The van der Waals surface area contributed by atoms with Crippen LogP contribution in [0.15, 0.2) is 40.3 Å². The lowest BCUT2D eigenvalue weighted by atomic mass is 10.2. The van der Waals surface area contributed by atoms with E-state index >= 15 is 0 Å². The van der Waals surface area contributed by atoms with Gasteiger partial charge in [-0.25, -0.2) is 4.98 Å². The summed E-state index contributed by atoms with van der Waals surface area (Å²) in [4.78, 5) is 16.4. The zero-order chi connectivity index (χ0) is 13.8. The molecule has 0 saturated carbocycles. The monoisotopic (exact) mass is 276 g/mol. The van der Waals surface area contributed by atoms with Crippen molar-refractivity contribution in [2.75, 3.05) is 17.3 Å².